The van der Waals surface area contributed by atoms with E-state index in [0.29, 0.717) is 48.2 Å². The van der Waals surface area contributed by atoms with Gasteiger partial charge in [-0.3, -0.25) is 9.59 Å². The van der Waals surface area contributed by atoms with E-state index in [1.807, 2.05) is 16.7 Å². The number of carboxylic acids is 1. The van der Waals surface area contributed by atoms with Gasteiger partial charge >= 0.3 is 5.97 Å². The minimum absolute atomic E-state index is 0.0330. The monoisotopic (exact) mass is 489 g/mol. The summed E-state index contributed by atoms with van der Waals surface area (Å²) in [6.07, 6.45) is 2.71. The van der Waals surface area contributed by atoms with E-state index in [0.717, 1.165) is 17.8 Å². The van der Waals surface area contributed by atoms with Crippen molar-refractivity contribution in [1.82, 2.24) is 9.47 Å². The van der Waals surface area contributed by atoms with Crippen LogP contribution in [0.5, 0.6) is 0 Å². The second-order valence-electron chi connectivity index (χ2n) is 7.39. The number of benzene rings is 1. The number of carboxylic acid groups (broad SMARTS) is 1. The van der Waals surface area contributed by atoms with Crippen molar-refractivity contribution in [1.29, 1.82) is 0 Å². The van der Waals surface area contributed by atoms with Crippen LogP contribution in [0.2, 0.25) is 0 Å². The topological polar surface area (TPSA) is 96.0 Å². The number of furan rings is 1. The molecule has 0 atom stereocenters. The van der Waals surface area contributed by atoms with Crippen molar-refractivity contribution in [2.75, 3.05) is 31.1 Å². The first-order chi connectivity index (χ1) is 15.8. The van der Waals surface area contributed by atoms with Gasteiger partial charge < -0.3 is 23.9 Å². The molecular formula is C22H20FN3O5S2. The number of aromatic carboxylic acids is 1. The number of pyridine rings is 1. The maximum absolute atomic E-state index is 15.0. The molecule has 1 N–H and O–H groups in total. The van der Waals surface area contributed by atoms with E-state index in [4.69, 9.17) is 16.6 Å². The molecule has 33 heavy (non-hydrogen) atoms. The van der Waals surface area contributed by atoms with E-state index in [2.05, 4.69) is 0 Å². The van der Waals surface area contributed by atoms with Crippen molar-refractivity contribution in [3.05, 3.63) is 64.1 Å². The molecule has 0 saturated carbocycles. The average Bonchev–Trinajstić information content (AvgIpc) is 3.34. The van der Waals surface area contributed by atoms with E-state index in [9.17, 15) is 19.5 Å². The summed E-state index contributed by atoms with van der Waals surface area (Å²) in [6, 6.07) is 5.91. The maximum atomic E-state index is 15.0. The van der Waals surface area contributed by atoms with Crippen molar-refractivity contribution in [3.63, 3.8) is 0 Å². The Morgan fingerprint density at radius 2 is 1.97 bits per heavy atom. The smallest absolute Gasteiger partial charge is 0.341 e. The molecule has 0 unspecified atom stereocenters. The number of anilines is 1. The van der Waals surface area contributed by atoms with Gasteiger partial charge in [-0.2, -0.15) is 0 Å². The zero-order chi connectivity index (χ0) is 23.7. The van der Waals surface area contributed by atoms with Crippen molar-refractivity contribution in [2.45, 2.75) is 13.5 Å². The standard InChI is InChI=1S/C22H20FN3O5S2/c1-2-24-12-14(20(28)29)19(27)13-10-15(23)17(11-16(13)24)25-5-7-26(8-6-25)22(32)33-21(30)18-4-3-9-31-18/h3-4,9-12H,2,5-8H2,1H3,(H,28,29). The quantitative estimate of drug-likeness (QED) is 0.553. The molecule has 0 bridgehead atoms. The first-order valence-electron chi connectivity index (χ1n) is 10.2. The number of hydrogen-bond acceptors (Lipinski definition) is 7. The summed E-state index contributed by atoms with van der Waals surface area (Å²) in [5.74, 6) is -1.71. The van der Waals surface area contributed by atoms with Crippen LogP contribution in [0.3, 0.4) is 0 Å². The Balaban J connectivity index is 1.53. The molecule has 11 heteroatoms. The zero-order valence-corrected chi connectivity index (χ0v) is 19.2. The summed E-state index contributed by atoms with van der Waals surface area (Å²) in [6.45, 7) is 4.15. The Labute approximate surface area is 197 Å². The minimum atomic E-state index is -1.34. The van der Waals surface area contributed by atoms with Gasteiger partial charge in [0.15, 0.2) is 5.76 Å². The molecule has 4 rings (SSSR count). The van der Waals surface area contributed by atoms with Crippen LogP contribution in [0, 0.1) is 5.82 Å². The molecule has 3 aromatic rings. The lowest BCUT2D eigenvalue weighted by Crippen LogP contribution is -2.48. The van der Waals surface area contributed by atoms with Gasteiger partial charge in [-0.25, -0.2) is 9.18 Å². The first kappa shape index (κ1) is 23.0. The highest BCUT2D eigenvalue weighted by molar-refractivity contribution is 8.33. The molecule has 0 aliphatic carbocycles. The highest BCUT2D eigenvalue weighted by Crippen LogP contribution is 2.27. The van der Waals surface area contributed by atoms with Gasteiger partial charge in [0.1, 0.15) is 15.7 Å². The number of hydrogen-bond donors (Lipinski definition) is 1. The highest BCUT2D eigenvalue weighted by atomic mass is 32.2. The fraction of sp³-hybridized carbons (Fsp3) is 0.273. The number of fused-ring (bicyclic) bond motifs is 1. The molecule has 172 valence electrons. The van der Waals surface area contributed by atoms with Crippen molar-refractivity contribution in [2.24, 2.45) is 0 Å². The molecule has 1 aliphatic rings. The minimum Gasteiger partial charge on any atom is -0.477 e. The normalized spacial score (nSPS) is 14.0. The zero-order valence-electron chi connectivity index (χ0n) is 17.6. The van der Waals surface area contributed by atoms with Gasteiger partial charge in [0.25, 0.3) is 5.12 Å². The van der Waals surface area contributed by atoms with Crippen LogP contribution in [-0.4, -0.2) is 56.2 Å². The highest BCUT2D eigenvalue weighted by Gasteiger charge is 2.25. The van der Waals surface area contributed by atoms with E-state index < -0.39 is 17.2 Å². The molecule has 0 radical (unpaired) electrons. The number of piperazine rings is 1. The second-order valence-corrected chi connectivity index (χ2v) is 9.00. The molecule has 3 heterocycles. The Morgan fingerprint density at radius 3 is 2.58 bits per heavy atom. The predicted octanol–water partition coefficient (Wildman–Crippen LogP) is 3.43. The van der Waals surface area contributed by atoms with Gasteiger partial charge in [0, 0.05) is 44.3 Å². The number of carbonyl (C=O) groups excluding carboxylic acids is 1. The molecule has 0 spiro atoms. The van der Waals surface area contributed by atoms with Crippen molar-refractivity contribution < 1.29 is 23.5 Å². The summed E-state index contributed by atoms with van der Waals surface area (Å²) in [5.41, 5.74) is -0.292. The third-order valence-electron chi connectivity index (χ3n) is 5.50. The molecule has 8 nitrogen and oxygen atoms in total. The lowest BCUT2D eigenvalue weighted by atomic mass is 10.1. The third kappa shape index (κ3) is 4.51. The Hall–Kier alpha value is -3.18. The average molecular weight is 490 g/mol. The second kappa shape index (κ2) is 9.36. The molecule has 2 aromatic heterocycles. The largest absolute Gasteiger partial charge is 0.477 e. The Kier molecular flexibility index (Phi) is 6.52. The summed E-state index contributed by atoms with van der Waals surface area (Å²) in [5, 5.41) is 9.05. The van der Waals surface area contributed by atoms with Gasteiger partial charge in [-0.1, -0.05) is 12.2 Å². The summed E-state index contributed by atoms with van der Waals surface area (Å²) >= 11 is 6.32. The van der Waals surface area contributed by atoms with Gasteiger partial charge in [0.2, 0.25) is 5.43 Å². The summed E-state index contributed by atoms with van der Waals surface area (Å²) in [7, 11) is 0. The molecule has 1 fully saturated rings. The van der Waals surface area contributed by atoms with Gasteiger partial charge in [0.05, 0.1) is 17.5 Å². The number of halogens is 1. The van der Waals surface area contributed by atoms with Crippen LogP contribution < -0.4 is 10.3 Å². The number of thioether (sulfide) groups is 1. The molecular weight excluding hydrogens is 469 g/mol. The van der Waals surface area contributed by atoms with Crippen molar-refractivity contribution >= 4 is 56.0 Å². The predicted molar refractivity (Wildman–Crippen MR) is 128 cm³/mol. The number of aromatic nitrogens is 1. The maximum Gasteiger partial charge on any atom is 0.341 e. The summed E-state index contributed by atoms with van der Waals surface area (Å²) < 4.78 is 22.2. The third-order valence-corrected chi connectivity index (χ3v) is 6.83. The molecule has 1 aliphatic heterocycles. The fourth-order valence-corrected chi connectivity index (χ4v) is 4.87. The number of rotatable bonds is 4. The Bertz CT molecular complexity index is 1300. The van der Waals surface area contributed by atoms with Crippen LogP contribution in [0.25, 0.3) is 10.9 Å². The summed E-state index contributed by atoms with van der Waals surface area (Å²) in [4.78, 5) is 39.9. The molecule has 1 saturated heterocycles. The number of carbonyl (C=O) groups is 2. The van der Waals surface area contributed by atoms with Crippen LogP contribution in [0.4, 0.5) is 10.1 Å². The first-order valence-corrected chi connectivity index (χ1v) is 11.4. The van der Waals surface area contributed by atoms with Gasteiger partial charge in [-0.15, -0.1) is 0 Å². The van der Waals surface area contributed by atoms with E-state index in [-0.39, 0.29) is 21.8 Å². The lowest BCUT2D eigenvalue weighted by Gasteiger charge is -2.37. The SMILES string of the molecule is CCn1cc(C(=O)O)c(=O)c2cc(F)c(N3CCN(C(=S)SC(=O)c4ccco4)CC3)cc21. The number of aryl methyl sites for hydroxylation is 1. The van der Waals surface area contributed by atoms with Gasteiger partial charge in [-0.05, 0) is 43.0 Å². The molecule has 0 amide bonds. The Morgan fingerprint density at radius 1 is 1.24 bits per heavy atom. The van der Waals surface area contributed by atoms with E-state index >= 15 is 4.39 Å². The van der Waals surface area contributed by atoms with Crippen LogP contribution in [0.1, 0.15) is 27.8 Å². The fourth-order valence-electron chi connectivity index (χ4n) is 3.77. The van der Waals surface area contributed by atoms with E-state index in [1.54, 1.807) is 22.8 Å². The molecule has 1 aromatic carbocycles. The number of thiocarbonyl (C=S) groups is 1. The number of nitrogens with zero attached hydrogens (tertiary/aromatic N) is 3. The van der Waals surface area contributed by atoms with E-state index in [1.165, 1.54) is 12.5 Å². The van der Waals surface area contributed by atoms with Crippen LogP contribution in [0.15, 0.2) is 45.9 Å². The lowest BCUT2D eigenvalue weighted by molar-refractivity contribution is 0.0694. The van der Waals surface area contributed by atoms with Crippen LogP contribution >= 0.6 is 24.0 Å². The van der Waals surface area contributed by atoms with Crippen LogP contribution in [-0.2, 0) is 6.54 Å². The van der Waals surface area contributed by atoms with Crippen molar-refractivity contribution in [3.8, 4) is 0 Å².